The second-order valence-electron chi connectivity index (χ2n) is 3.01. The largest absolute Gasteiger partial charge is 0.0988 e. The third kappa shape index (κ3) is 1.07. The van der Waals surface area contributed by atoms with Crippen LogP contribution < -0.4 is 0 Å². The second kappa shape index (κ2) is 2.02. The summed E-state index contributed by atoms with van der Waals surface area (Å²) in [4.78, 5) is 0. The molecule has 50 valence electrons. The Morgan fingerprint density at radius 1 is 1.56 bits per heavy atom. The molecule has 0 N–H and O–H groups in total. The lowest BCUT2D eigenvalue weighted by molar-refractivity contribution is 0.708. The van der Waals surface area contributed by atoms with Crippen LogP contribution in [-0.2, 0) is 0 Å². The van der Waals surface area contributed by atoms with Gasteiger partial charge >= 0.3 is 0 Å². The van der Waals surface area contributed by atoms with Gasteiger partial charge in [-0.2, -0.15) is 0 Å². The van der Waals surface area contributed by atoms with Crippen LogP contribution in [0.1, 0.15) is 26.7 Å². The van der Waals surface area contributed by atoms with Crippen molar-refractivity contribution < 1.29 is 0 Å². The van der Waals surface area contributed by atoms with Crippen molar-refractivity contribution in [3.63, 3.8) is 0 Å². The summed E-state index contributed by atoms with van der Waals surface area (Å²) in [5.74, 6) is 0. The molecular formula is C9H14. The van der Waals surface area contributed by atoms with E-state index in [4.69, 9.17) is 0 Å². The van der Waals surface area contributed by atoms with Crippen molar-refractivity contribution in [2.24, 2.45) is 5.41 Å². The monoisotopic (exact) mass is 122 g/mol. The predicted molar refractivity (Wildman–Crippen MR) is 41.3 cm³/mol. The first-order valence-electron chi connectivity index (χ1n) is 3.52. The van der Waals surface area contributed by atoms with E-state index in [0.29, 0.717) is 5.41 Å². The van der Waals surface area contributed by atoms with Crippen molar-refractivity contribution in [3.8, 4) is 0 Å². The zero-order valence-corrected chi connectivity index (χ0v) is 6.28. The van der Waals surface area contributed by atoms with Crippen molar-refractivity contribution in [2.45, 2.75) is 26.7 Å². The number of rotatable bonds is 2. The topological polar surface area (TPSA) is 0 Å². The molecule has 0 aliphatic heterocycles. The molecule has 0 aromatic carbocycles. The quantitative estimate of drug-likeness (QED) is 0.494. The van der Waals surface area contributed by atoms with Crippen molar-refractivity contribution in [2.75, 3.05) is 0 Å². The molecule has 1 aliphatic carbocycles. The van der Waals surface area contributed by atoms with Crippen LogP contribution in [-0.4, -0.2) is 0 Å². The highest BCUT2D eigenvalue weighted by Crippen LogP contribution is 2.51. The first-order valence-corrected chi connectivity index (χ1v) is 3.52. The van der Waals surface area contributed by atoms with Crippen LogP contribution in [0.3, 0.4) is 0 Å². The Morgan fingerprint density at radius 2 is 2.11 bits per heavy atom. The Morgan fingerprint density at radius 3 is 2.22 bits per heavy atom. The molecule has 1 rings (SSSR count). The van der Waals surface area contributed by atoms with Gasteiger partial charge in [0.15, 0.2) is 0 Å². The van der Waals surface area contributed by atoms with Crippen LogP contribution in [0.25, 0.3) is 0 Å². The molecule has 0 nitrogen and oxygen atoms in total. The summed E-state index contributed by atoms with van der Waals surface area (Å²) >= 11 is 0. The maximum absolute atomic E-state index is 3.77. The van der Waals surface area contributed by atoms with Crippen molar-refractivity contribution in [1.29, 1.82) is 0 Å². The van der Waals surface area contributed by atoms with E-state index in [1.807, 2.05) is 6.08 Å². The van der Waals surface area contributed by atoms with Gasteiger partial charge in [-0.3, -0.25) is 0 Å². The SMILES string of the molecule is C=C/C(=C\C)C1(C)CC1. The molecule has 1 fully saturated rings. The van der Waals surface area contributed by atoms with E-state index in [1.54, 1.807) is 0 Å². The summed E-state index contributed by atoms with van der Waals surface area (Å²) in [5.41, 5.74) is 1.93. The van der Waals surface area contributed by atoms with Crippen LogP contribution in [0.5, 0.6) is 0 Å². The van der Waals surface area contributed by atoms with E-state index in [0.717, 1.165) is 0 Å². The minimum atomic E-state index is 0.510. The number of hydrogen-bond donors (Lipinski definition) is 0. The average Bonchev–Trinajstić information content (AvgIpc) is 2.52. The highest BCUT2D eigenvalue weighted by molar-refractivity contribution is 5.28. The van der Waals surface area contributed by atoms with Gasteiger partial charge in [0.2, 0.25) is 0 Å². The molecule has 0 amide bonds. The molecule has 0 aromatic heterocycles. The predicted octanol–water partition coefficient (Wildman–Crippen LogP) is 2.92. The summed E-state index contributed by atoms with van der Waals surface area (Å²) in [6.45, 7) is 8.15. The Balaban J connectivity index is 2.69. The average molecular weight is 122 g/mol. The molecule has 0 aromatic rings. The van der Waals surface area contributed by atoms with E-state index in [9.17, 15) is 0 Å². The van der Waals surface area contributed by atoms with Gasteiger partial charge in [0.05, 0.1) is 0 Å². The van der Waals surface area contributed by atoms with Gasteiger partial charge < -0.3 is 0 Å². The maximum Gasteiger partial charge on any atom is -0.00781 e. The van der Waals surface area contributed by atoms with E-state index in [1.165, 1.54) is 18.4 Å². The highest BCUT2D eigenvalue weighted by atomic mass is 14.4. The van der Waals surface area contributed by atoms with Crippen molar-refractivity contribution in [3.05, 3.63) is 24.3 Å². The second-order valence-corrected chi connectivity index (χ2v) is 3.01. The van der Waals surface area contributed by atoms with Gasteiger partial charge in [0.1, 0.15) is 0 Å². The zero-order chi connectivity index (χ0) is 6.91. The minimum Gasteiger partial charge on any atom is -0.0988 e. The third-order valence-electron chi connectivity index (χ3n) is 2.23. The summed E-state index contributed by atoms with van der Waals surface area (Å²) in [7, 11) is 0. The van der Waals surface area contributed by atoms with Crippen LogP contribution in [0.4, 0.5) is 0 Å². The van der Waals surface area contributed by atoms with Gasteiger partial charge in [-0.1, -0.05) is 25.7 Å². The standard InChI is InChI=1S/C9H14/c1-4-8(5-2)9(3)6-7-9/h4-5H,1,6-7H2,2-3H3/b8-5+. The minimum absolute atomic E-state index is 0.510. The highest BCUT2D eigenvalue weighted by Gasteiger charge is 2.38. The van der Waals surface area contributed by atoms with Gasteiger partial charge in [-0.15, -0.1) is 0 Å². The molecule has 0 saturated heterocycles. The van der Waals surface area contributed by atoms with E-state index in [2.05, 4.69) is 26.5 Å². The normalized spacial score (nSPS) is 23.6. The fourth-order valence-electron chi connectivity index (χ4n) is 1.19. The molecular weight excluding hydrogens is 108 g/mol. The Labute approximate surface area is 57.3 Å². The summed E-state index contributed by atoms with van der Waals surface area (Å²) in [6, 6.07) is 0. The lowest BCUT2D eigenvalue weighted by Gasteiger charge is -2.07. The van der Waals surface area contributed by atoms with Gasteiger partial charge in [-0.05, 0) is 30.8 Å². The first kappa shape index (κ1) is 6.60. The molecule has 0 bridgehead atoms. The van der Waals surface area contributed by atoms with Crippen LogP contribution in [0.2, 0.25) is 0 Å². The van der Waals surface area contributed by atoms with Crippen LogP contribution in [0.15, 0.2) is 24.3 Å². The van der Waals surface area contributed by atoms with Gasteiger partial charge in [-0.25, -0.2) is 0 Å². The number of hydrogen-bond acceptors (Lipinski definition) is 0. The fourth-order valence-corrected chi connectivity index (χ4v) is 1.19. The molecule has 0 radical (unpaired) electrons. The molecule has 0 atom stereocenters. The number of allylic oxidation sites excluding steroid dienone is 3. The van der Waals surface area contributed by atoms with E-state index < -0.39 is 0 Å². The van der Waals surface area contributed by atoms with Crippen LogP contribution in [0, 0.1) is 5.41 Å². The molecule has 1 aliphatic rings. The van der Waals surface area contributed by atoms with Gasteiger partial charge in [0, 0.05) is 0 Å². The Hall–Kier alpha value is -0.520. The maximum atomic E-state index is 3.77. The summed E-state index contributed by atoms with van der Waals surface area (Å²) < 4.78 is 0. The van der Waals surface area contributed by atoms with Crippen molar-refractivity contribution >= 4 is 0 Å². The third-order valence-corrected chi connectivity index (χ3v) is 2.23. The molecule has 1 saturated carbocycles. The van der Waals surface area contributed by atoms with E-state index in [-0.39, 0.29) is 0 Å². The molecule has 0 heterocycles. The van der Waals surface area contributed by atoms with E-state index >= 15 is 0 Å². The Kier molecular flexibility index (Phi) is 1.48. The zero-order valence-electron chi connectivity index (χ0n) is 6.28. The Bertz CT molecular complexity index is 147. The smallest absolute Gasteiger partial charge is 0.00781 e. The fraction of sp³-hybridized carbons (Fsp3) is 0.556. The first-order chi connectivity index (χ1) is 4.23. The van der Waals surface area contributed by atoms with Gasteiger partial charge in [0.25, 0.3) is 0 Å². The molecule has 0 spiro atoms. The summed E-state index contributed by atoms with van der Waals surface area (Å²) in [6.07, 6.45) is 6.84. The van der Waals surface area contributed by atoms with Crippen LogP contribution >= 0.6 is 0 Å². The lowest BCUT2D eigenvalue weighted by Crippen LogP contribution is -1.93. The molecule has 0 heteroatoms. The lowest BCUT2D eigenvalue weighted by atomic mass is 9.98. The molecule has 9 heavy (non-hydrogen) atoms. The van der Waals surface area contributed by atoms with Crippen molar-refractivity contribution in [1.82, 2.24) is 0 Å². The summed E-state index contributed by atoms with van der Waals surface area (Å²) in [5, 5.41) is 0. The molecule has 0 unspecified atom stereocenters.